The molecule has 0 aliphatic carbocycles. The summed E-state index contributed by atoms with van der Waals surface area (Å²) >= 11 is 0. The lowest BCUT2D eigenvalue weighted by molar-refractivity contribution is 0.0900. The monoisotopic (exact) mass is 366 g/mol. The molecule has 0 spiro atoms. The molecule has 2 heterocycles. The Kier molecular flexibility index (Phi) is 5.09. The fourth-order valence-electron chi connectivity index (χ4n) is 4.80. The smallest absolute Gasteiger partial charge is 0.407 e. The maximum absolute atomic E-state index is 11.8. The Morgan fingerprint density at radius 2 is 1.63 bits per heavy atom. The molecule has 2 saturated heterocycles. The van der Waals surface area contributed by atoms with Crippen LogP contribution in [-0.2, 0) is 0 Å². The minimum absolute atomic E-state index is 0.0184. The Bertz CT molecular complexity index is 826. The molecule has 2 aliphatic rings. The van der Waals surface area contributed by atoms with E-state index >= 15 is 0 Å². The van der Waals surface area contributed by atoms with Crippen molar-refractivity contribution >= 4 is 16.9 Å². The molecule has 1 N–H and O–H groups in total. The van der Waals surface area contributed by atoms with Crippen LogP contribution < -0.4 is 0 Å². The van der Waals surface area contributed by atoms with Crippen LogP contribution in [0.4, 0.5) is 4.79 Å². The topological polar surface area (TPSA) is 43.8 Å². The van der Waals surface area contributed by atoms with E-state index in [2.05, 4.69) is 55.3 Å². The maximum Gasteiger partial charge on any atom is 0.407 e. The van der Waals surface area contributed by atoms with Crippen molar-refractivity contribution in [1.29, 1.82) is 0 Å². The second kappa shape index (κ2) is 7.51. The average molecular weight is 367 g/mol. The van der Waals surface area contributed by atoms with Gasteiger partial charge in [-0.1, -0.05) is 37.3 Å². The number of nitrogens with zero attached hydrogens (tertiary/aromatic N) is 2. The summed E-state index contributed by atoms with van der Waals surface area (Å²) in [5.74, 6) is 1.08. The van der Waals surface area contributed by atoms with E-state index in [4.69, 9.17) is 0 Å². The molecule has 4 heteroatoms. The van der Waals surface area contributed by atoms with Gasteiger partial charge in [0.2, 0.25) is 0 Å². The summed E-state index contributed by atoms with van der Waals surface area (Å²) in [7, 11) is 2.20. The first-order valence-corrected chi connectivity index (χ1v) is 10.2. The lowest BCUT2D eigenvalue weighted by Gasteiger charge is -2.37. The summed E-state index contributed by atoms with van der Waals surface area (Å²) in [4.78, 5) is 15.8. The molecule has 0 aromatic heterocycles. The number of hydrogen-bond donors (Lipinski definition) is 1. The molecule has 2 aromatic rings. The van der Waals surface area contributed by atoms with Crippen molar-refractivity contribution in [2.75, 3.05) is 26.7 Å². The zero-order valence-electron chi connectivity index (χ0n) is 16.4. The summed E-state index contributed by atoms with van der Waals surface area (Å²) in [5, 5.41) is 12.1. The lowest BCUT2D eigenvalue weighted by atomic mass is 9.87. The summed E-state index contributed by atoms with van der Waals surface area (Å²) < 4.78 is 0. The molecule has 4 rings (SSSR count). The molecular formula is C23H30N2O2. The quantitative estimate of drug-likeness (QED) is 0.804. The predicted molar refractivity (Wildman–Crippen MR) is 109 cm³/mol. The SMILES string of the molecule is C[C@H]1CC[C@H](c2ccc3ccc(C4CCN(C)CC4)cc3c2)N(C(=O)O)C1. The Balaban J connectivity index is 1.63. The van der Waals surface area contributed by atoms with Gasteiger partial charge in [-0.3, -0.25) is 0 Å². The third-order valence-electron chi connectivity index (χ3n) is 6.53. The van der Waals surface area contributed by atoms with Gasteiger partial charge in [-0.15, -0.1) is 0 Å². The van der Waals surface area contributed by atoms with Crippen molar-refractivity contribution in [3.63, 3.8) is 0 Å². The molecule has 0 saturated carbocycles. The molecule has 2 aromatic carbocycles. The van der Waals surface area contributed by atoms with E-state index < -0.39 is 6.09 Å². The molecule has 0 unspecified atom stereocenters. The number of rotatable bonds is 2. The Labute approximate surface area is 161 Å². The van der Waals surface area contributed by atoms with Gasteiger partial charge in [0, 0.05) is 6.54 Å². The summed E-state index contributed by atoms with van der Waals surface area (Å²) in [6.45, 7) is 5.10. The van der Waals surface area contributed by atoms with Crippen LogP contribution in [0.1, 0.15) is 55.7 Å². The van der Waals surface area contributed by atoms with E-state index in [-0.39, 0.29) is 6.04 Å². The first kappa shape index (κ1) is 18.3. The molecule has 4 nitrogen and oxygen atoms in total. The number of carbonyl (C=O) groups is 1. The van der Waals surface area contributed by atoms with Crippen molar-refractivity contribution in [3.05, 3.63) is 47.5 Å². The number of hydrogen-bond acceptors (Lipinski definition) is 2. The number of benzene rings is 2. The van der Waals surface area contributed by atoms with Crippen LogP contribution in [-0.4, -0.2) is 47.7 Å². The fraction of sp³-hybridized carbons (Fsp3) is 0.522. The van der Waals surface area contributed by atoms with Crippen molar-refractivity contribution in [3.8, 4) is 0 Å². The van der Waals surface area contributed by atoms with Gasteiger partial charge >= 0.3 is 6.09 Å². The third-order valence-corrected chi connectivity index (χ3v) is 6.53. The van der Waals surface area contributed by atoms with E-state index in [1.807, 2.05) is 0 Å². The van der Waals surface area contributed by atoms with E-state index in [0.717, 1.165) is 31.5 Å². The van der Waals surface area contributed by atoms with Crippen LogP contribution in [0.5, 0.6) is 0 Å². The fourth-order valence-corrected chi connectivity index (χ4v) is 4.80. The van der Waals surface area contributed by atoms with Crippen LogP contribution >= 0.6 is 0 Å². The molecule has 144 valence electrons. The van der Waals surface area contributed by atoms with Gasteiger partial charge in [0.1, 0.15) is 0 Å². The minimum atomic E-state index is -0.799. The molecule has 2 fully saturated rings. The van der Waals surface area contributed by atoms with Crippen molar-refractivity contribution in [2.24, 2.45) is 5.92 Å². The zero-order valence-corrected chi connectivity index (χ0v) is 16.4. The average Bonchev–Trinajstić information content (AvgIpc) is 2.67. The van der Waals surface area contributed by atoms with Gasteiger partial charge in [0.15, 0.2) is 0 Å². The summed E-state index contributed by atoms with van der Waals surface area (Å²) in [5.41, 5.74) is 2.57. The first-order valence-electron chi connectivity index (χ1n) is 10.2. The predicted octanol–water partition coefficient (Wildman–Crippen LogP) is 5.10. The number of fused-ring (bicyclic) bond motifs is 1. The Morgan fingerprint density at radius 1 is 0.963 bits per heavy atom. The van der Waals surface area contributed by atoms with Gasteiger partial charge in [-0.2, -0.15) is 0 Å². The lowest BCUT2D eigenvalue weighted by Crippen LogP contribution is -2.40. The molecule has 2 aliphatic heterocycles. The van der Waals surface area contributed by atoms with Crippen LogP contribution in [0.15, 0.2) is 36.4 Å². The molecule has 0 bridgehead atoms. The number of likely N-dealkylation sites (tertiary alicyclic amines) is 2. The standard InChI is InChI=1S/C23H30N2O2/c1-16-3-8-22(25(15-16)23(26)27)20-7-5-17-4-6-19(13-21(17)14-20)18-9-11-24(2)12-10-18/h4-7,13-14,16,18,22H,3,8-12,15H2,1-2H3,(H,26,27)/t16-,22+/m0/s1. The third kappa shape index (κ3) is 3.81. The number of carboxylic acid groups (broad SMARTS) is 1. The highest BCUT2D eigenvalue weighted by Gasteiger charge is 2.31. The van der Waals surface area contributed by atoms with E-state index in [1.165, 1.54) is 29.2 Å². The van der Waals surface area contributed by atoms with Gasteiger partial charge in [-0.25, -0.2) is 4.79 Å². The Morgan fingerprint density at radius 3 is 2.33 bits per heavy atom. The summed E-state index contributed by atoms with van der Waals surface area (Å²) in [6, 6.07) is 13.3. The van der Waals surface area contributed by atoms with E-state index in [9.17, 15) is 9.90 Å². The molecule has 1 amide bonds. The van der Waals surface area contributed by atoms with Gasteiger partial charge < -0.3 is 14.9 Å². The van der Waals surface area contributed by atoms with Gasteiger partial charge in [0.05, 0.1) is 6.04 Å². The van der Waals surface area contributed by atoms with E-state index in [1.54, 1.807) is 4.90 Å². The number of amides is 1. The highest BCUT2D eigenvalue weighted by atomic mass is 16.4. The molecule has 2 atom stereocenters. The Hall–Kier alpha value is -2.07. The van der Waals surface area contributed by atoms with E-state index in [0.29, 0.717) is 18.4 Å². The molecule has 27 heavy (non-hydrogen) atoms. The normalized spacial score (nSPS) is 25.0. The highest BCUT2D eigenvalue weighted by Crippen LogP contribution is 2.36. The van der Waals surface area contributed by atoms with Crippen molar-refractivity contribution in [1.82, 2.24) is 9.80 Å². The van der Waals surface area contributed by atoms with Crippen molar-refractivity contribution in [2.45, 2.75) is 44.6 Å². The van der Waals surface area contributed by atoms with Gasteiger partial charge in [0.25, 0.3) is 0 Å². The second-order valence-corrected chi connectivity index (χ2v) is 8.58. The minimum Gasteiger partial charge on any atom is -0.465 e. The van der Waals surface area contributed by atoms with Crippen LogP contribution in [0.3, 0.4) is 0 Å². The van der Waals surface area contributed by atoms with Crippen LogP contribution in [0.25, 0.3) is 10.8 Å². The summed E-state index contributed by atoms with van der Waals surface area (Å²) in [6.07, 6.45) is 3.63. The van der Waals surface area contributed by atoms with Gasteiger partial charge in [-0.05, 0) is 85.6 Å². The van der Waals surface area contributed by atoms with Crippen LogP contribution in [0, 0.1) is 5.92 Å². The largest absolute Gasteiger partial charge is 0.465 e. The number of piperidine rings is 2. The zero-order chi connectivity index (χ0) is 19.0. The molecule has 0 radical (unpaired) electrons. The van der Waals surface area contributed by atoms with Crippen LogP contribution in [0.2, 0.25) is 0 Å². The first-order chi connectivity index (χ1) is 13.0. The maximum atomic E-state index is 11.8. The van der Waals surface area contributed by atoms with Crippen molar-refractivity contribution < 1.29 is 9.90 Å². The highest BCUT2D eigenvalue weighted by molar-refractivity contribution is 5.84. The second-order valence-electron chi connectivity index (χ2n) is 8.58. The molecular weight excluding hydrogens is 336 g/mol.